The maximum atomic E-state index is 10.4. The summed E-state index contributed by atoms with van der Waals surface area (Å²) in [7, 11) is 0. The summed E-state index contributed by atoms with van der Waals surface area (Å²) in [6.45, 7) is 6.47. The molecule has 3 nitrogen and oxygen atoms in total. The molecule has 0 aliphatic heterocycles. The van der Waals surface area contributed by atoms with Crippen molar-refractivity contribution in [1.29, 1.82) is 0 Å². The molecule has 0 spiro atoms. The molecule has 0 aromatic carbocycles. The SMILES string of the molecule is CC(C)=CC/C=C(\CO)[C@H]1CC[C@@]2(C)CC(=CC[C@H]2O)[C@@H]1CO. The van der Waals surface area contributed by atoms with E-state index in [1.165, 1.54) is 11.1 Å². The predicted octanol–water partition coefficient (Wildman–Crippen LogP) is 3.37. The Morgan fingerprint density at radius 3 is 2.65 bits per heavy atom. The zero-order valence-electron chi connectivity index (χ0n) is 14.8. The lowest BCUT2D eigenvalue weighted by Crippen LogP contribution is -2.34. The van der Waals surface area contributed by atoms with Crippen LogP contribution in [0.25, 0.3) is 0 Å². The first-order chi connectivity index (χ1) is 10.9. The summed E-state index contributed by atoms with van der Waals surface area (Å²) < 4.78 is 0. The van der Waals surface area contributed by atoms with Crippen molar-refractivity contribution < 1.29 is 15.3 Å². The van der Waals surface area contributed by atoms with Crippen LogP contribution in [0.1, 0.15) is 52.9 Å². The molecule has 0 radical (unpaired) electrons. The number of fused-ring (bicyclic) bond motifs is 2. The average molecular weight is 320 g/mol. The molecular formula is C20H32O3. The minimum absolute atomic E-state index is 0.0459. The molecule has 4 atom stereocenters. The predicted molar refractivity (Wildman–Crippen MR) is 93.9 cm³/mol. The van der Waals surface area contributed by atoms with Crippen LogP contribution in [0.15, 0.2) is 34.9 Å². The van der Waals surface area contributed by atoms with Gasteiger partial charge in [-0.2, -0.15) is 0 Å². The van der Waals surface area contributed by atoms with Crippen molar-refractivity contribution in [1.82, 2.24) is 0 Å². The van der Waals surface area contributed by atoms with Gasteiger partial charge in [-0.3, -0.25) is 0 Å². The molecule has 0 saturated heterocycles. The van der Waals surface area contributed by atoms with Gasteiger partial charge in [0.2, 0.25) is 0 Å². The van der Waals surface area contributed by atoms with Crippen LogP contribution in [0, 0.1) is 17.3 Å². The Morgan fingerprint density at radius 2 is 2.04 bits per heavy atom. The molecule has 130 valence electrons. The van der Waals surface area contributed by atoms with Gasteiger partial charge in [-0.15, -0.1) is 0 Å². The van der Waals surface area contributed by atoms with Crippen LogP contribution in [-0.4, -0.2) is 34.6 Å². The standard InChI is InChI=1S/C20H32O3/c1-14(2)5-4-6-16(12-21)17-9-10-20(3)11-15(18(17)13-22)7-8-19(20)23/h5-7,17-19,21-23H,4,8-13H2,1-3H3/b16-6+/t17-,18+,19-,20+/m1/s1. The topological polar surface area (TPSA) is 60.7 Å². The second-order valence-corrected chi connectivity index (χ2v) is 7.75. The molecule has 3 N–H and O–H groups in total. The molecular weight excluding hydrogens is 288 g/mol. The van der Waals surface area contributed by atoms with Gasteiger partial charge in [-0.05, 0) is 62.9 Å². The first-order valence-electron chi connectivity index (χ1n) is 8.82. The maximum absolute atomic E-state index is 10.4. The fourth-order valence-electron chi connectivity index (χ4n) is 4.15. The molecule has 0 amide bonds. The normalized spacial score (nSPS) is 34.6. The van der Waals surface area contributed by atoms with Gasteiger partial charge in [0.25, 0.3) is 0 Å². The smallest absolute Gasteiger partial charge is 0.0644 e. The van der Waals surface area contributed by atoms with Gasteiger partial charge in [-0.1, -0.05) is 36.3 Å². The third-order valence-corrected chi connectivity index (χ3v) is 5.77. The monoisotopic (exact) mass is 320 g/mol. The Kier molecular flexibility index (Phi) is 6.24. The lowest BCUT2D eigenvalue weighted by Gasteiger charge is -2.37. The van der Waals surface area contributed by atoms with E-state index in [4.69, 9.17) is 0 Å². The van der Waals surface area contributed by atoms with Crippen LogP contribution in [0.4, 0.5) is 0 Å². The summed E-state index contributed by atoms with van der Waals surface area (Å²) in [6.07, 6.45) is 10.3. The van der Waals surface area contributed by atoms with Crippen LogP contribution in [0.2, 0.25) is 0 Å². The lowest BCUT2D eigenvalue weighted by molar-refractivity contribution is 0.0270. The van der Waals surface area contributed by atoms with Crippen LogP contribution in [0.3, 0.4) is 0 Å². The van der Waals surface area contributed by atoms with Crippen molar-refractivity contribution in [3.05, 3.63) is 34.9 Å². The molecule has 23 heavy (non-hydrogen) atoms. The molecule has 2 bridgehead atoms. The van der Waals surface area contributed by atoms with Gasteiger partial charge in [0, 0.05) is 5.92 Å². The van der Waals surface area contributed by atoms with E-state index in [-0.39, 0.29) is 36.6 Å². The Hall–Kier alpha value is -0.900. The van der Waals surface area contributed by atoms with Gasteiger partial charge in [0.05, 0.1) is 19.3 Å². The zero-order valence-corrected chi connectivity index (χ0v) is 14.8. The van der Waals surface area contributed by atoms with E-state index in [9.17, 15) is 15.3 Å². The van der Waals surface area contributed by atoms with Gasteiger partial charge in [0.15, 0.2) is 0 Å². The lowest BCUT2D eigenvalue weighted by atomic mass is 9.71. The zero-order chi connectivity index (χ0) is 17.0. The maximum Gasteiger partial charge on any atom is 0.0644 e. The fourth-order valence-corrected chi connectivity index (χ4v) is 4.15. The summed E-state index contributed by atoms with van der Waals surface area (Å²) in [4.78, 5) is 0. The van der Waals surface area contributed by atoms with Gasteiger partial charge < -0.3 is 15.3 Å². The van der Waals surface area contributed by atoms with E-state index < -0.39 is 0 Å². The highest BCUT2D eigenvalue weighted by molar-refractivity contribution is 5.24. The minimum Gasteiger partial charge on any atom is -0.396 e. The van der Waals surface area contributed by atoms with Crippen molar-refractivity contribution in [3.8, 4) is 0 Å². The van der Waals surface area contributed by atoms with Gasteiger partial charge in [0.1, 0.15) is 0 Å². The fraction of sp³-hybridized carbons (Fsp3) is 0.700. The first-order valence-corrected chi connectivity index (χ1v) is 8.82. The number of hydrogen-bond donors (Lipinski definition) is 3. The number of allylic oxidation sites excluding steroid dienone is 3. The summed E-state index contributed by atoms with van der Waals surface area (Å²) in [5.74, 6) is 0.253. The number of rotatable bonds is 5. The molecule has 0 aromatic rings. The third-order valence-electron chi connectivity index (χ3n) is 5.77. The average Bonchev–Trinajstić information content (AvgIpc) is 2.63. The van der Waals surface area contributed by atoms with Gasteiger partial charge in [-0.25, -0.2) is 0 Å². The quantitative estimate of drug-likeness (QED) is 0.681. The molecule has 2 aliphatic rings. The van der Waals surface area contributed by atoms with E-state index in [0.717, 1.165) is 31.3 Å². The van der Waals surface area contributed by atoms with E-state index in [2.05, 4.69) is 39.0 Å². The van der Waals surface area contributed by atoms with E-state index in [1.807, 2.05) is 0 Å². The Bertz CT molecular complexity index is 499. The molecule has 0 aromatic heterocycles. The molecule has 2 rings (SSSR count). The highest BCUT2D eigenvalue weighted by Crippen LogP contribution is 2.49. The van der Waals surface area contributed by atoms with Crippen LogP contribution in [0.5, 0.6) is 0 Å². The van der Waals surface area contributed by atoms with Crippen molar-refractivity contribution >= 4 is 0 Å². The van der Waals surface area contributed by atoms with Crippen LogP contribution < -0.4 is 0 Å². The molecule has 0 unspecified atom stereocenters. The second-order valence-electron chi connectivity index (χ2n) is 7.75. The Balaban J connectivity index is 2.28. The van der Waals surface area contributed by atoms with E-state index in [1.54, 1.807) is 0 Å². The van der Waals surface area contributed by atoms with E-state index >= 15 is 0 Å². The van der Waals surface area contributed by atoms with Gasteiger partial charge >= 0.3 is 0 Å². The molecule has 1 saturated carbocycles. The Morgan fingerprint density at radius 1 is 1.30 bits per heavy atom. The number of hydrogen-bond acceptors (Lipinski definition) is 3. The molecule has 1 fully saturated rings. The molecule has 0 heterocycles. The molecule has 3 heteroatoms. The summed E-state index contributed by atoms with van der Waals surface area (Å²) in [6, 6.07) is 0. The number of aliphatic hydroxyl groups is 3. The summed E-state index contributed by atoms with van der Waals surface area (Å²) >= 11 is 0. The van der Waals surface area contributed by atoms with Crippen molar-refractivity contribution in [2.45, 2.75) is 59.0 Å². The highest BCUT2D eigenvalue weighted by atomic mass is 16.3. The van der Waals surface area contributed by atoms with E-state index in [0.29, 0.717) is 6.42 Å². The summed E-state index contributed by atoms with van der Waals surface area (Å²) in [5, 5.41) is 30.2. The summed E-state index contributed by atoms with van der Waals surface area (Å²) in [5.41, 5.74) is 3.48. The third kappa shape index (κ3) is 4.14. The Labute approximate surface area is 140 Å². The largest absolute Gasteiger partial charge is 0.396 e. The minimum atomic E-state index is -0.295. The molecule has 2 aliphatic carbocycles. The number of aliphatic hydroxyl groups excluding tert-OH is 3. The van der Waals surface area contributed by atoms with Crippen LogP contribution >= 0.6 is 0 Å². The highest BCUT2D eigenvalue weighted by Gasteiger charge is 2.43. The van der Waals surface area contributed by atoms with Crippen molar-refractivity contribution in [2.24, 2.45) is 17.3 Å². The first kappa shape index (κ1) is 18.4. The van der Waals surface area contributed by atoms with Crippen molar-refractivity contribution in [3.63, 3.8) is 0 Å². The second kappa shape index (κ2) is 7.78. The van der Waals surface area contributed by atoms with Crippen molar-refractivity contribution in [2.75, 3.05) is 13.2 Å². The van der Waals surface area contributed by atoms with Crippen LogP contribution in [-0.2, 0) is 0 Å².